The summed E-state index contributed by atoms with van der Waals surface area (Å²) in [5.41, 5.74) is 1.97. The van der Waals surface area contributed by atoms with Crippen molar-refractivity contribution < 1.29 is 14.3 Å². The molecular weight excluding hydrogens is 399 g/mol. The van der Waals surface area contributed by atoms with Crippen molar-refractivity contribution >= 4 is 29.1 Å². The van der Waals surface area contributed by atoms with Gasteiger partial charge < -0.3 is 14.8 Å². The van der Waals surface area contributed by atoms with E-state index in [0.717, 1.165) is 30.0 Å². The minimum Gasteiger partial charge on any atom is -0.480 e. The molecular formula is C21H22Cl2N2O3. The molecule has 0 aromatic heterocycles. The first kappa shape index (κ1) is 19.5. The number of morpholine rings is 1. The van der Waals surface area contributed by atoms with Crippen LogP contribution in [0.5, 0.6) is 5.75 Å². The fraction of sp³-hybridized carbons (Fsp3) is 0.381. The van der Waals surface area contributed by atoms with E-state index < -0.39 is 6.10 Å². The molecule has 2 heterocycles. The molecule has 148 valence electrons. The Bertz CT molecular complexity index is 855. The summed E-state index contributed by atoms with van der Waals surface area (Å²) in [6.07, 6.45) is -0.0131. The summed E-state index contributed by atoms with van der Waals surface area (Å²) >= 11 is 12.5. The second kappa shape index (κ2) is 8.70. The molecule has 2 aromatic rings. The molecule has 1 N–H and O–H groups in total. The first-order valence-electron chi connectivity index (χ1n) is 9.41. The van der Waals surface area contributed by atoms with Gasteiger partial charge in [0.1, 0.15) is 5.75 Å². The van der Waals surface area contributed by atoms with E-state index in [2.05, 4.69) is 10.2 Å². The molecule has 28 heavy (non-hydrogen) atoms. The van der Waals surface area contributed by atoms with E-state index in [4.69, 9.17) is 32.7 Å². The highest BCUT2D eigenvalue weighted by molar-refractivity contribution is 6.31. The second-order valence-corrected chi connectivity index (χ2v) is 7.84. The Labute approximate surface area is 174 Å². The van der Waals surface area contributed by atoms with Gasteiger partial charge in [-0.3, -0.25) is 9.69 Å². The lowest BCUT2D eigenvalue weighted by molar-refractivity contribution is -0.127. The number of carbonyl (C=O) groups excluding carboxylic acids is 1. The Morgan fingerprint density at radius 3 is 2.75 bits per heavy atom. The summed E-state index contributed by atoms with van der Waals surface area (Å²) in [5, 5.41) is 4.41. The van der Waals surface area contributed by atoms with Gasteiger partial charge in [-0.15, -0.1) is 0 Å². The van der Waals surface area contributed by atoms with Crippen LogP contribution in [0.1, 0.15) is 17.2 Å². The van der Waals surface area contributed by atoms with Gasteiger partial charge >= 0.3 is 0 Å². The van der Waals surface area contributed by atoms with Gasteiger partial charge in [-0.2, -0.15) is 0 Å². The number of amides is 1. The summed E-state index contributed by atoms with van der Waals surface area (Å²) in [4.78, 5) is 15.1. The minimum atomic E-state index is -0.537. The van der Waals surface area contributed by atoms with Crippen LogP contribution in [-0.2, 0) is 16.0 Å². The summed E-state index contributed by atoms with van der Waals surface area (Å²) in [6.45, 7) is 3.41. The lowest BCUT2D eigenvalue weighted by Gasteiger charge is -2.35. The SMILES string of the molecule is O=C(NCC(c1ccccc1Cl)N1CCOCC1)C1Cc2cc(Cl)ccc2O1. The number of rotatable bonds is 5. The molecule has 0 bridgehead atoms. The Balaban J connectivity index is 1.44. The zero-order chi connectivity index (χ0) is 19.5. The van der Waals surface area contributed by atoms with Crippen molar-refractivity contribution in [2.45, 2.75) is 18.6 Å². The minimum absolute atomic E-state index is 0.0141. The maximum absolute atomic E-state index is 12.8. The standard InChI is InChI=1S/C21H22Cl2N2O3/c22-15-5-6-19-14(11-15)12-20(28-19)21(26)24-13-18(25-7-9-27-10-8-25)16-3-1-2-4-17(16)23/h1-6,11,18,20H,7-10,12-13H2,(H,24,26). The average molecular weight is 421 g/mol. The number of halogens is 2. The number of nitrogens with one attached hydrogen (secondary N) is 1. The van der Waals surface area contributed by atoms with Crippen LogP contribution in [-0.4, -0.2) is 49.8 Å². The van der Waals surface area contributed by atoms with Crippen molar-refractivity contribution in [3.05, 3.63) is 63.6 Å². The monoisotopic (exact) mass is 420 g/mol. The number of fused-ring (bicyclic) bond motifs is 1. The summed E-state index contributed by atoms with van der Waals surface area (Å²) in [5.74, 6) is 0.595. The van der Waals surface area contributed by atoms with Gasteiger partial charge in [-0.05, 0) is 35.4 Å². The predicted molar refractivity (Wildman–Crippen MR) is 109 cm³/mol. The van der Waals surface area contributed by atoms with Crippen LogP contribution in [0.25, 0.3) is 0 Å². The van der Waals surface area contributed by atoms with Gasteiger partial charge in [-0.25, -0.2) is 0 Å². The Morgan fingerprint density at radius 1 is 1.18 bits per heavy atom. The molecule has 5 nitrogen and oxygen atoms in total. The molecule has 0 radical (unpaired) electrons. The van der Waals surface area contributed by atoms with Crippen molar-refractivity contribution in [3.8, 4) is 5.75 Å². The number of benzene rings is 2. The third-order valence-electron chi connectivity index (χ3n) is 5.21. The summed E-state index contributed by atoms with van der Waals surface area (Å²) in [6, 6.07) is 13.2. The summed E-state index contributed by atoms with van der Waals surface area (Å²) < 4.78 is 11.3. The van der Waals surface area contributed by atoms with E-state index in [1.54, 1.807) is 6.07 Å². The molecule has 2 aliphatic heterocycles. The molecule has 0 aliphatic carbocycles. The van der Waals surface area contributed by atoms with Crippen LogP contribution in [0.3, 0.4) is 0 Å². The largest absolute Gasteiger partial charge is 0.480 e. The average Bonchev–Trinajstić information content (AvgIpc) is 3.13. The molecule has 1 fully saturated rings. The van der Waals surface area contributed by atoms with E-state index in [-0.39, 0.29) is 11.9 Å². The molecule has 2 atom stereocenters. The molecule has 0 spiro atoms. The smallest absolute Gasteiger partial charge is 0.261 e. The van der Waals surface area contributed by atoms with Gasteiger partial charge in [0.05, 0.1) is 19.3 Å². The number of hydrogen-bond donors (Lipinski definition) is 1. The van der Waals surface area contributed by atoms with Crippen molar-refractivity contribution in [3.63, 3.8) is 0 Å². The third-order valence-corrected chi connectivity index (χ3v) is 5.79. The summed E-state index contributed by atoms with van der Waals surface area (Å²) in [7, 11) is 0. The lowest BCUT2D eigenvalue weighted by atomic mass is 10.0. The highest BCUT2D eigenvalue weighted by atomic mass is 35.5. The van der Waals surface area contributed by atoms with Crippen LogP contribution in [0, 0.1) is 0 Å². The van der Waals surface area contributed by atoms with E-state index in [9.17, 15) is 4.79 Å². The van der Waals surface area contributed by atoms with Gasteiger partial charge in [-0.1, -0.05) is 41.4 Å². The quantitative estimate of drug-likeness (QED) is 0.803. The third kappa shape index (κ3) is 4.28. The van der Waals surface area contributed by atoms with E-state index in [1.165, 1.54) is 0 Å². The number of nitrogens with zero attached hydrogens (tertiary/aromatic N) is 1. The lowest BCUT2D eigenvalue weighted by Crippen LogP contribution is -2.46. The molecule has 1 amide bonds. The maximum Gasteiger partial charge on any atom is 0.261 e. The fourth-order valence-electron chi connectivity index (χ4n) is 3.74. The number of carbonyl (C=O) groups is 1. The Morgan fingerprint density at radius 2 is 1.96 bits per heavy atom. The van der Waals surface area contributed by atoms with Crippen LogP contribution in [0.2, 0.25) is 10.0 Å². The molecule has 2 aliphatic rings. The molecule has 4 rings (SSSR count). The van der Waals surface area contributed by atoms with Gasteiger partial charge in [0.2, 0.25) is 0 Å². The van der Waals surface area contributed by atoms with Crippen molar-refractivity contribution in [1.29, 1.82) is 0 Å². The number of hydrogen-bond acceptors (Lipinski definition) is 4. The van der Waals surface area contributed by atoms with Gasteiger partial charge in [0.15, 0.2) is 6.10 Å². The highest BCUT2D eigenvalue weighted by Gasteiger charge is 2.31. The van der Waals surface area contributed by atoms with Crippen molar-refractivity contribution in [2.75, 3.05) is 32.8 Å². The topological polar surface area (TPSA) is 50.8 Å². The van der Waals surface area contributed by atoms with Crippen LogP contribution in [0.15, 0.2) is 42.5 Å². The highest BCUT2D eigenvalue weighted by Crippen LogP contribution is 2.32. The van der Waals surface area contributed by atoms with Crippen LogP contribution in [0.4, 0.5) is 0 Å². The first-order valence-corrected chi connectivity index (χ1v) is 10.2. The first-order chi connectivity index (χ1) is 13.6. The number of ether oxygens (including phenoxy) is 2. The Hall–Kier alpha value is -1.79. The molecule has 2 aromatic carbocycles. The molecule has 1 saturated heterocycles. The van der Waals surface area contributed by atoms with E-state index >= 15 is 0 Å². The predicted octanol–water partition coefficient (Wildman–Crippen LogP) is 3.49. The van der Waals surface area contributed by atoms with Crippen LogP contribution >= 0.6 is 23.2 Å². The molecule has 0 saturated carbocycles. The fourth-order valence-corrected chi connectivity index (χ4v) is 4.20. The van der Waals surface area contributed by atoms with Gasteiger partial charge in [0.25, 0.3) is 5.91 Å². The zero-order valence-corrected chi connectivity index (χ0v) is 16.9. The second-order valence-electron chi connectivity index (χ2n) is 6.99. The zero-order valence-electron chi connectivity index (χ0n) is 15.4. The Kier molecular flexibility index (Phi) is 6.07. The molecule has 7 heteroatoms. The van der Waals surface area contributed by atoms with Crippen molar-refractivity contribution in [1.82, 2.24) is 10.2 Å². The van der Waals surface area contributed by atoms with Gasteiger partial charge in [0, 0.05) is 36.1 Å². The molecule has 2 unspecified atom stereocenters. The van der Waals surface area contributed by atoms with Crippen molar-refractivity contribution in [2.24, 2.45) is 0 Å². The van der Waals surface area contributed by atoms with E-state index in [0.29, 0.717) is 36.2 Å². The van der Waals surface area contributed by atoms with Crippen LogP contribution < -0.4 is 10.1 Å². The van der Waals surface area contributed by atoms with E-state index in [1.807, 2.05) is 36.4 Å². The normalized spacial score (nSPS) is 20.3. The maximum atomic E-state index is 12.8.